The molecule has 0 aliphatic carbocycles. The Hall–Kier alpha value is -2.86. The minimum atomic E-state index is -0.895. The molecule has 0 saturated carbocycles. The fraction of sp³-hybridized carbons (Fsp3) is 0.211. The van der Waals surface area contributed by atoms with E-state index in [9.17, 15) is 14.4 Å². The summed E-state index contributed by atoms with van der Waals surface area (Å²) >= 11 is 5.77. The normalized spacial score (nSPS) is 10.1. The van der Waals surface area contributed by atoms with Crippen LogP contribution in [-0.2, 0) is 14.3 Å². The number of nitrogens with one attached hydrogen (secondary N) is 2. The number of hydrogen-bond acceptors (Lipinski definition) is 4. The number of carbonyl (C=O) groups excluding carboxylic acids is 3. The van der Waals surface area contributed by atoms with Crippen LogP contribution in [0.1, 0.15) is 30.1 Å². The average molecular weight is 375 g/mol. The lowest BCUT2D eigenvalue weighted by molar-refractivity contribution is -0.133. The first kappa shape index (κ1) is 19.5. The third-order valence-electron chi connectivity index (χ3n) is 3.43. The number of esters is 1. The molecule has 2 aromatic rings. The molecule has 0 aliphatic rings. The summed E-state index contributed by atoms with van der Waals surface area (Å²) in [5, 5.41) is 5.41. The average Bonchev–Trinajstić information content (AvgIpc) is 2.64. The minimum absolute atomic E-state index is 0.191. The molecule has 0 atom stereocenters. The Morgan fingerprint density at radius 3 is 2.31 bits per heavy atom. The smallest absolute Gasteiger partial charge is 0.340 e. The number of carbonyl (C=O) groups is 3. The first-order chi connectivity index (χ1) is 12.5. The lowest BCUT2D eigenvalue weighted by Crippen LogP contribution is -2.29. The van der Waals surface area contributed by atoms with Crippen LogP contribution in [0.2, 0.25) is 5.02 Å². The molecule has 0 bridgehead atoms. The Labute approximate surface area is 156 Å². The fourth-order valence-electron chi connectivity index (χ4n) is 2.06. The van der Waals surface area contributed by atoms with Crippen LogP contribution in [0.4, 0.5) is 11.4 Å². The highest BCUT2D eigenvalue weighted by Gasteiger charge is 2.18. The summed E-state index contributed by atoms with van der Waals surface area (Å²) in [7, 11) is 0. The Kier molecular flexibility index (Phi) is 7.17. The molecule has 6 nitrogen and oxygen atoms in total. The van der Waals surface area contributed by atoms with E-state index in [1.807, 2.05) is 6.92 Å². The molecule has 0 spiro atoms. The molecule has 7 heteroatoms. The van der Waals surface area contributed by atoms with E-state index in [1.165, 1.54) is 12.1 Å². The zero-order valence-electron chi connectivity index (χ0n) is 14.3. The van der Waals surface area contributed by atoms with E-state index >= 15 is 0 Å². The molecular formula is C19H19ClN2O4. The largest absolute Gasteiger partial charge is 0.462 e. The maximum atomic E-state index is 12.1. The highest BCUT2D eigenvalue weighted by atomic mass is 35.5. The summed E-state index contributed by atoms with van der Waals surface area (Å²) in [5.41, 5.74) is 0.836. The van der Waals surface area contributed by atoms with E-state index in [2.05, 4.69) is 10.6 Å². The lowest BCUT2D eigenvalue weighted by atomic mass is 10.1. The van der Waals surface area contributed by atoms with Gasteiger partial charge in [-0.25, -0.2) is 4.79 Å². The van der Waals surface area contributed by atoms with Gasteiger partial charge in [-0.2, -0.15) is 0 Å². The molecule has 0 fully saturated rings. The van der Waals surface area contributed by atoms with Crippen molar-refractivity contribution < 1.29 is 19.1 Å². The first-order valence-electron chi connectivity index (χ1n) is 8.15. The Morgan fingerprint density at radius 2 is 1.62 bits per heavy atom. The van der Waals surface area contributed by atoms with E-state index in [1.54, 1.807) is 36.4 Å². The van der Waals surface area contributed by atoms with Crippen LogP contribution in [0.3, 0.4) is 0 Å². The Bertz CT molecular complexity index is 790. The van der Waals surface area contributed by atoms with E-state index in [-0.39, 0.29) is 11.3 Å². The standard InChI is InChI=1S/C19H19ClN2O4/c1-2-3-12-26-19(25)15-6-4-5-7-16(15)22-18(24)17(23)21-14-10-8-13(20)9-11-14/h4-11H,2-3,12H2,1H3,(H,21,23)(H,22,24). The molecule has 0 saturated heterocycles. The number of hydrogen-bond donors (Lipinski definition) is 2. The van der Waals surface area contributed by atoms with Gasteiger partial charge in [0.2, 0.25) is 0 Å². The molecule has 26 heavy (non-hydrogen) atoms. The van der Waals surface area contributed by atoms with Crippen LogP contribution >= 0.6 is 11.6 Å². The van der Waals surface area contributed by atoms with Crippen molar-refractivity contribution in [2.24, 2.45) is 0 Å². The Balaban J connectivity index is 2.02. The number of unbranched alkanes of at least 4 members (excludes halogenated alkanes) is 1. The third-order valence-corrected chi connectivity index (χ3v) is 3.69. The van der Waals surface area contributed by atoms with Crippen LogP contribution < -0.4 is 10.6 Å². The van der Waals surface area contributed by atoms with Gasteiger partial charge in [0.25, 0.3) is 0 Å². The zero-order valence-corrected chi connectivity index (χ0v) is 15.0. The van der Waals surface area contributed by atoms with E-state index in [4.69, 9.17) is 16.3 Å². The molecular weight excluding hydrogens is 356 g/mol. The predicted octanol–water partition coefficient (Wildman–Crippen LogP) is 3.87. The van der Waals surface area contributed by atoms with E-state index in [0.29, 0.717) is 17.3 Å². The number of benzene rings is 2. The van der Waals surface area contributed by atoms with E-state index < -0.39 is 17.8 Å². The van der Waals surface area contributed by atoms with Crippen molar-refractivity contribution in [3.05, 3.63) is 59.1 Å². The van der Waals surface area contributed by atoms with Gasteiger partial charge < -0.3 is 15.4 Å². The quantitative estimate of drug-likeness (QED) is 0.456. The van der Waals surface area contributed by atoms with Crippen molar-refractivity contribution in [3.8, 4) is 0 Å². The van der Waals surface area contributed by atoms with Gasteiger partial charge in [-0.1, -0.05) is 37.1 Å². The molecule has 2 aromatic carbocycles. The topological polar surface area (TPSA) is 84.5 Å². The molecule has 0 aromatic heterocycles. The summed E-state index contributed by atoms with van der Waals surface area (Å²) < 4.78 is 5.15. The highest BCUT2D eigenvalue weighted by molar-refractivity contribution is 6.44. The second-order valence-corrected chi connectivity index (χ2v) is 5.89. The maximum Gasteiger partial charge on any atom is 0.340 e. The SMILES string of the molecule is CCCCOC(=O)c1ccccc1NC(=O)C(=O)Nc1ccc(Cl)cc1. The zero-order chi connectivity index (χ0) is 18.9. The van der Waals surface area contributed by atoms with Crippen molar-refractivity contribution in [2.75, 3.05) is 17.2 Å². The predicted molar refractivity (Wildman–Crippen MR) is 100 cm³/mol. The molecule has 0 heterocycles. The molecule has 2 rings (SSSR count). The fourth-order valence-corrected chi connectivity index (χ4v) is 2.18. The van der Waals surface area contributed by atoms with E-state index in [0.717, 1.165) is 12.8 Å². The molecule has 0 radical (unpaired) electrons. The van der Waals surface area contributed by atoms with Crippen molar-refractivity contribution in [3.63, 3.8) is 0 Å². The highest BCUT2D eigenvalue weighted by Crippen LogP contribution is 2.17. The number of halogens is 1. The van der Waals surface area contributed by atoms with Crippen molar-refractivity contribution >= 4 is 40.8 Å². The van der Waals surface area contributed by atoms with Gasteiger partial charge in [0.05, 0.1) is 17.9 Å². The van der Waals surface area contributed by atoms with Crippen molar-refractivity contribution in [2.45, 2.75) is 19.8 Å². The van der Waals surface area contributed by atoms with Crippen molar-refractivity contribution in [1.82, 2.24) is 0 Å². The van der Waals surface area contributed by atoms with Crippen LogP contribution in [0, 0.1) is 0 Å². The second-order valence-electron chi connectivity index (χ2n) is 5.45. The van der Waals surface area contributed by atoms with Gasteiger partial charge in [0.1, 0.15) is 0 Å². The van der Waals surface area contributed by atoms with Crippen LogP contribution in [0.15, 0.2) is 48.5 Å². The molecule has 2 amide bonds. The molecule has 2 N–H and O–H groups in total. The first-order valence-corrected chi connectivity index (χ1v) is 8.53. The van der Waals surface area contributed by atoms with Crippen molar-refractivity contribution in [1.29, 1.82) is 0 Å². The molecule has 0 aliphatic heterocycles. The summed E-state index contributed by atoms with van der Waals surface area (Å²) in [6, 6.07) is 12.7. The van der Waals surface area contributed by atoms with Gasteiger partial charge in [-0.3, -0.25) is 9.59 Å². The number of para-hydroxylation sites is 1. The number of rotatable bonds is 6. The number of anilines is 2. The number of amides is 2. The van der Waals surface area contributed by atoms with Gasteiger partial charge in [-0.05, 0) is 42.8 Å². The lowest BCUT2D eigenvalue weighted by Gasteiger charge is -2.11. The summed E-state index contributed by atoms with van der Waals surface area (Å²) in [5.74, 6) is -2.30. The van der Waals surface area contributed by atoms with Crippen LogP contribution in [-0.4, -0.2) is 24.4 Å². The van der Waals surface area contributed by atoms with Gasteiger partial charge >= 0.3 is 17.8 Å². The minimum Gasteiger partial charge on any atom is -0.462 e. The molecule has 136 valence electrons. The summed E-state index contributed by atoms with van der Waals surface area (Å²) in [6.07, 6.45) is 1.65. The van der Waals surface area contributed by atoms with Crippen LogP contribution in [0.25, 0.3) is 0 Å². The van der Waals surface area contributed by atoms with Gasteiger partial charge in [0, 0.05) is 10.7 Å². The molecule has 0 unspecified atom stereocenters. The summed E-state index contributed by atoms with van der Waals surface area (Å²) in [4.78, 5) is 36.3. The second kappa shape index (κ2) is 9.58. The van der Waals surface area contributed by atoms with Crippen LogP contribution in [0.5, 0.6) is 0 Å². The summed E-state index contributed by atoms with van der Waals surface area (Å²) in [6.45, 7) is 2.29. The number of ether oxygens (including phenoxy) is 1. The third kappa shape index (κ3) is 5.60. The maximum absolute atomic E-state index is 12.1. The van der Waals surface area contributed by atoms with Gasteiger partial charge in [-0.15, -0.1) is 0 Å². The Morgan fingerprint density at radius 1 is 0.962 bits per heavy atom. The van der Waals surface area contributed by atoms with Gasteiger partial charge in [0.15, 0.2) is 0 Å². The monoisotopic (exact) mass is 374 g/mol.